The number of benzene rings is 1. The monoisotopic (exact) mass is 751 g/mol. The molecule has 2 atom stereocenters. The van der Waals surface area contributed by atoms with Crippen molar-refractivity contribution < 1.29 is 53.7 Å². The third-order valence-corrected chi connectivity index (χ3v) is 10.9. The Labute approximate surface area is 298 Å². The maximum atomic E-state index is 13.4. The zero-order chi connectivity index (χ0) is 36.5. The van der Waals surface area contributed by atoms with Crippen LogP contribution in [-0.4, -0.2) is 121 Å². The van der Waals surface area contributed by atoms with Gasteiger partial charge in [0.05, 0.1) is 42.9 Å². The van der Waals surface area contributed by atoms with E-state index < -0.39 is 63.9 Å². The van der Waals surface area contributed by atoms with Gasteiger partial charge in [0.2, 0.25) is 5.60 Å². The van der Waals surface area contributed by atoms with Gasteiger partial charge in [-0.25, -0.2) is 9.78 Å². The van der Waals surface area contributed by atoms with Crippen LogP contribution in [-0.2, 0) is 24.0 Å². The number of nitrogens with two attached hydrogens (primary N) is 1. The number of nitrogens with one attached hydrogen (secondary N) is 2. The first-order valence-corrected chi connectivity index (χ1v) is 17.6. The van der Waals surface area contributed by atoms with E-state index in [2.05, 4.69) is 20.8 Å². The summed E-state index contributed by atoms with van der Waals surface area (Å²) in [6.07, 6.45) is 1.75. The molecule has 1 aromatic heterocycles. The quantitative estimate of drug-likeness (QED) is 0.0511. The van der Waals surface area contributed by atoms with Crippen molar-refractivity contribution >= 4 is 75.2 Å². The van der Waals surface area contributed by atoms with Crippen LogP contribution in [0.1, 0.15) is 42.7 Å². The Bertz CT molecular complexity index is 1780. The lowest BCUT2D eigenvalue weighted by Gasteiger charge is -2.51. The number of carboxylic acid groups (broad SMARTS) is 2. The average molecular weight is 752 g/mol. The molecule has 3 amide bonds. The Morgan fingerprint density at radius 3 is 2.54 bits per heavy atom. The second kappa shape index (κ2) is 14.3. The molecule has 17 nitrogen and oxygen atoms in total. The number of fused-ring (bicyclic) bond motifs is 1. The second-order valence-corrected chi connectivity index (χ2v) is 14.9. The molecule has 5 rings (SSSR count). The van der Waals surface area contributed by atoms with E-state index >= 15 is 0 Å². The van der Waals surface area contributed by atoms with Crippen molar-refractivity contribution in [2.75, 3.05) is 44.2 Å². The SMILES string of the molecule is CC(C)(O/N=C(\C(=O)N[C@@H]1C(=O)N2C(C(=O)[O-])=C(C[N+]3(CCNC(=O)c4cc(O)c(O)c(Cl)c4)CCCC3)CS[C@H]12)c1csc(N)n1)C(=O)O. The first-order valence-electron chi connectivity index (χ1n) is 15.3. The summed E-state index contributed by atoms with van der Waals surface area (Å²) in [5.74, 6) is -5.84. The second-order valence-electron chi connectivity index (χ2n) is 12.5. The lowest BCUT2D eigenvalue weighted by atomic mass is 10.0. The van der Waals surface area contributed by atoms with E-state index in [1.165, 1.54) is 37.1 Å². The predicted octanol–water partition coefficient (Wildman–Crippen LogP) is -0.182. The Morgan fingerprint density at radius 1 is 1.24 bits per heavy atom. The van der Waals surface area contributed by atoms with Gasteiger partial charge in [0, 0.05) is 35.1 Å². The molecule has 2 fully saturated rings. The molecular formula is C30H34ClN7O10S2. The van der Waals surface area contributed by atoms with Crippen molar-refractivity contribution in [1.29, 1.82) is 0 Å². The summed E-state index contributed by atoms with van der Waals surface area (Å²) in [4.78, 5) is 73.8. The van der Waals surface area contributed by atoms with Crippen LogP contribution in [0.4, 0.5) is 5.13 Å². The molecular weight excluding hydrogens is 718 g/mol. The maximum Gasteiger partial charge on any atom is 0.350 e. The number of likely N-dealkylation sites (tertiary alicyclic amines) is 1. The number of phenols is 2. The van der Waals surface area contributed by atoms with Gasteiger partial charge in [0.1, 0.15) is 23.7 Å². The van der Waals surface area contributed by atoms with E-state index in [1.54, 1.807) is 0 Å². The van der Waals surface area contributed by atoms with Crippen LogP contribution in [0.5, 0.6) is 11.5 Å². The van der Waals surface area contributed by atoms with E-state index in [1.807, 2.05) is 0 Å². The van der Waals surface area contributed by atoms with Gasteiger partial charge in [-0.15, -0.1) is 23.1 Å². The number of carbonyl (C=O) groups is 5. The molecule has 2 aromatic rings. The number of hydrogen-bond acceptors (Lipinski definition) is 14. The average Bonchev–Trinajstić information content (AvgIpc) is 3.70. The fourth-order valence-corrected chi connectivity index (χ4v) is 8.00. The summed E-state index contributed by atoms with van der Waals surface area (Å²) in [5.41, 5.74) is 3.75. The van der Waals surface area contributed by atoms with Gasteiger partial charge >= 0.3 is 5.97 Å². The number of hydrogen-bond donors (Lipinski definition) is 6. The number of rotatable bonds is 13. The van der Waals surface area contributed by atoms with Gasteiger partial charge in [0.25, 0.3) is 17.7 Å². The molecule has 50 heavy (non-hydrogen) atoms. The number of aromatic nitrogens is 1. The number of thioether (sulfide) groups is 1. The largest absolute Gasteiger partial charge is 0.543 e. The zero-order valence-corrected chi connectivity index (χ0v) is 29.2. The molecule has 20 heteroatoms. The molecule has 3 aliphatic heterocycles. The number of aromatic hydroxyl groups is 2. The predicted molar refractivity (Wildman–Crippen MR) is 179 cm³/mol. The fourth-order valence-electron chi connectivity index (χ4n) is 5.90. The minimum absolute atomic E-state index is 0.00967. The van der Waals surface area contributed by atoms with Crippen molar-refractivity contribution in [2.45, 2.75) is 43.7 Å². The molecule has 4 heterocycles. The van der Waals surface area contributed by atoms with Crippen LogP contribution in [0.25, 0.3) is 0 Å². The highest BCUT2D eigenvalue weighted by molar-refractivity contribution is 8.00. The molecule has 7 N–H and O–H groups in total. The topological polar surface area (TPSA) is 257 Å². The molecule has 0 bridgehead atoms. The molecule has 2 saturated heterocycles. The number of thiazole rings is 1. The number of nitrogens with zero attached hydrogens (tertiary/aromatic N) is 4. The van der Waals surface area contributed by atoms with Crippen LogP contribution >= 0.6 is 34.7 Å². The number of carbonyl (C=O) groups excluding carboxylic acids is 4. The lowest BCUT2D eigenvalue weighted by Crippen LogP contribution is -2.72. The molecule has 3 aliphatic rings. The minimum Gasteiger partial charge on any atom is -0.543 e. The number of halogens is 1. The molecule has 0 radical (unpaired) electrons. The van der Waals surface area contributed by atoms with Gasteiger partial charge in [-0.1, -0.05) is 16.8 Å². The van der Waals surface area contributed by atoms with Crippen LogP contribution in [0.3, 0.4) is 0 Å². The maximum absolute atomic E-state index is 13.4. The van der Waals surface area contributed by atoms with E-state index in [0.29, 0.717) is 29.7 Å². The number of amides is 3. The Balaban J connectivity index is 1.29. The number of nitrogen functional groups attached to an aromatic ring is 1. The number of β-lactam (4-membered cyclic amide) rings is 1. The van der Waals surface area contributed by atoms with Crippen LogP contribution in [0.15, 0.2) is 33.9 Å². The van der Waals surface area contributed by atoms with Crippen LogP contribution < -0.4 is 21.5 Å². The first-order chi connectivity index (χ1) is 23.5. The smallest absolute Gasteiger partial charge is 0.350 e. The zero-order valence-electron chi connectivity index (χ0n) is 26.8. The van der Waals surface area contributed by atoms with E-state index in [4.69, 9.17) is 22.2 Å². The standard InChI is InChI=1S/C30H34ClN7O10S2/c1-30(2,28(46)47)48-36-19(17-13-50-29(32)34-17)24(42)35-20-25(43)37-21(27(44)45)15(12-49-26(20)37)11-38(6-3-4-7-38)8-5-33-23(41)14-9-16(31)22(40)18(39)10-14/h9-10,13,20,26H,3-8,11-12H2,1-2H3,(H7-,32,33,34,35,36,39,40,41,42,44,45,46,47)/t20-,26-/m1/s1. The molecule has 0 saturated carbocycles. The highest BCUT2D eigenvalue weighted by Crippen LogP contribution is 2.41. The first kappa shape index (κ1) is 36.7. The van der Waals surface area contributed by atoms with Crippen molar-refractivity contribution in [1.82, 2.24) is 20.5 Å². The molecule has 0 unspecified atom stereocenters. The third-order valence-electron chi connectivity index (χ3n) is 8.61. The molecule has 0 aliphatic carbocycles. The van der Waals surface area contributed by atoms with Crippen molar-refractivity contribution in [3.05, 3.63) is 45.1 Å². The number of carboxylic acids is 2. The Morgan fingerprint density at radius 2 is 1.94 bits per heavy atom. The number of quaternary nitrogens is 1. The summed E-state index contributed by atoms with van der Waals surface area (Å²) in [6, 6.07) is 1.18. The van der Waals surface area contributed by atoms with Crippen LogP contribution in [0.2, 0.25) is 5.02 Å². The number of aliphatic carboxylic acids is 2. The summed E-state index contributed by atoms with van der Waals surface area (Å²) in [7, 11) is 0. The third kappa shape index (κ3) is 7.44. The van der Waals surface area contributed by atoms with E-state index in [9.17, 15) is 44.4 Å². The normalized spacial score (nSPS) is 20.2. The fraction of sp³-hybridized carbons (Fsp3) is 0.433. The van der Waals surface area contributed by atoms with E-state index in [0.717, 1.165) is 35.1 Å². The van der Waals surface area contributed by atoms with E-state index in [-0.39, 0.29) is 46.0 Å². The van der Waals surface area contributed by atoms with Crippen LogP contribution in [0, 0.1) is 0 Å². The number of oxime groups is 1. The number of anilines is 1. The van der Waals surface area contributed by atoms with Gasteiger partial charge in [0.15, 0.2) is 22.3 Å². The van der Waals surface area contributed by atoms with Crippen molar-refractivity contribution in [2.24, 2.45) is 5.16 Å². The summed E-state index contributed by atoms with van der Waals surface area (Å²) in [5, 5.41) is 51.0. The van der Waals surface area contributed by atoms with Crippen molar-refractivity contribution in [3.8, 4) is 11.5 Å². The molecule has 268 valence electrons. The summed E-state index contributed by atoms with van der Waals surface area (Å²) < 4.78 is 0.449. The van der Waals surface area contributed by atoms with Crippen molar-refractivity contribution in [3.63, 3.8) is 0 Å². The Kier molecular flexibility index (Phi) is 10.5. The van der Waals surface area contributed by atoms with Gasteiger partial charge in [-0.05, 0) is 26.0 Å². The lowest BCUT2D eigenvalue weighted by molar-refractivity contribution is -0.911. The van der Waals surface area contributed by atoms with Gasteiger partial charge in [-0.3, -0.25) is 19.3 Å². The minimum atomic E-state index is -1.80. The molecule has 0 spiro atoms. The Hall–Kier alpha value is -4.59. The summed E-state index contributed by atoms with van der Waals surface area (Å²) in [6.45, 7) is 4.80. The highest BCUT2D eigenvalue weighted by Gasteiger charge is 2.54. The number of phenolic OH excluding ortho intramolecular Hbond substituents is 2. The molecule has 1 aromatic carbocycles. The van der Waals surface area contributed by atoms with Gasteiger partial charge in [-0.2, -0.15) is 0 Å². The summed E-state index contributed by atoms with van der Waals surface area (Å²) >= 11 is 8.15. The highest BCUT2D eigenvalue weighted by atomic mass is 35.5. The van der Waals surface area contributed by atoms with Gasteiger partial charge < -0.3 is 50.9 Å².